The molecule has 0 saturated carbocycles. The summed E-state index contributed by atoms with van der Waals surface area (Å²) >= 11 is 0. The van der Waals surface area contributed by atoms with Crippen molar-refractivity contribution < 1.29 is 4.79 Å². The van der Waals surface area contributed by atoms with Crippen LogP contribution in [0.1, 0.15) is 38.7 Å². The number of fused-ring (bicyclic) bond motifs is 1. The minimum Gasteiger partial charge on any atom is -0.325 e. The number of nitrogens with one attached hydrogen (secondary N) is 1. The van der Waals surface area contributed by atoms with Gasteiger partial charge in [0.15, 0.2) is 5.65 Å². The number of anilines is 1. The van der Waals surface area contributed by atoms with Crippen LogP contribution >= 0.6 is 0 Å². The van der Waals surface area contributed by atoms with Crippen LogP contribution in [0.4, 0.5) is 5.69 Å². The molecule has 2 rings (SSSR count). The molecule has 2 heterocycles. The molecule has 7 heteroatoms. The van der Waals surface area contributed by atoms with Crippen LogP contribution in [0.3, 0.4) is 0 Å². The highest BCUT2D eigenvalue weighted by Crippen LogP contribution is 2.23. The normalized spacial score (nSPS) is 11.0. The molecule has 23 heavy (non-hydrogen) atoms. The second-order valence-corrected chi connectivity index (χ2v) is 5.57. The van der Waals surface area contributed by atoms with E-state index in [1.165, 1.54) is 11.6 Å². The number of rotatable bonds is 5. The third-order valence-corrected chi connectivity index (χ3v) is 3.95. The van der Waals surface area contributed by atoms with Crippen LogP contribution in [0.5, 0.6) is 0 Å². The molecule has 0 aliphatic carbocycles. The molecule has 1 N–H and O–H groups in total. The quantitative estimate of drug-likeness (QED) is 0.901. The Morgan fingerprint density at radius 2 is 1.91 bits per heavy atom. The minimum atomic E-state index is -0.448. The fourth-order valence-corrected chi connectivity index (χ4v) is 2.52. The van der Waals surface area contributed by atoms with Crippen molar-refractivity contribution in [3.05, 3.63) is 32.6 Å². The lowest BCUT2D eigenvalue weighted by Gasteiger charge is -2.14. The van der Waals surface area contributed by atoms with E-state index in [2.05, 4.69) is 10.3 Å². The Morgan fingerprint density at radius 3 is 2.52 bits per heavy atom. The fourth-order valence-electron chi connectivity index (χ4n) is 2.52. The Labute approximate surface area is 134 Å². The van der Waals surface area contributed by atoms with Crippen LogP contribution in [0, 0.1) is 0 Å². The molecule has 2 aromatic rings. The zero-order chi connectivity index (χ0) is 17.1. The van der Waals surface area contributed by atoms with Crippen LogP contribution < -0.4 is 16.6 Å². The first-order valence-corrected chi connectivity index (χ1v) is 7.79. The van der Waals surface area contributed by atoms with Crippen molar-refractivity contribution in [1.29, 1.82) is 0 Å². The zero-order valence-electron chi connectivity index (χ0n) is 14.0. The van der Waals surface area contributed by atoms with E-state index in [1.54, 1.807) is 13.2 Å². The van der Waals surface area contributed by atoms with Crippen molar-refractivity contribution in [3.8, 4) is 0 Å². The number of hydrogen-bond acceptors (Lipinski definition) is 4. The Kier molecular flexibility index (Phi) is 4.98. The molecular weight excluding hydrogens is 296 g/mol. The number of aromatic nitrogens is 3. The largest absolute Gasteiger partial charge is 0.332 e. The summed E-state index contributed by atoms with van der Waals surface area (Å²) in [4.78, 5) is 40.9. The standard InChI is InChI=1S/C16H22N4O3/c1-5-7-8-11(21)18-13-10(6-2)9-17-14-12(13)15(22)20(4)16(23)19(14)3/h9H,5-8H2,1-4H3,(H,17,18,21). The van der Waals surface area contributed by atoms with E-state index in [-0.39, 0.29) is 16.9 Å². The third-order valence-electron chi connectivity index (χ3n) is 3.95. The molecule has 0 aliphatic rings. The van der Waals surface area contributed by atoms with Crippen LogP contribution in [0.15, 0.2) is 15.8 Å². The molecule has 2 aromatic heterocycles. The Bertz CT molecular complexity index is 864. The zero-order valence-corrected chi connectivity index (χ0v) is 14.0. The molecule has 7 nitrogen and oxygen atoms in total. The van der Waals surface area contributed by atoms with E-state index in [0.29, 0.717) is 18.5 Å². The van der Waals surface area contributed by atoms with Gasteiger partial charge in [-0.3, -0.25) is 18.7 Å². The molecule has 124 valence electrons. The molecule has 0 aliphatic heterocycles. The second-order valence-electron chi connectivity index (χ2n) is 5.57. The Balaban J connectivity index is 2.72. The molecule has 0 atom stereocenters. The van der Waals surface area contributed by atoms with E-state index >= 15 is 0 Å². The van der Waals surface area contributed by atoms with Gasteiger partial charge in [0.05, 0.1) is 5.69 Å². The van der Waals surface area contributed by atoms with Gasteiger partial charge in [-0.25, -0.2) is 9.78 Å². The van der Waals surface area contributed by atoms with Gasteiger partial charge in [0.2, 0.25) is 5.91 Å². The molecule has 0 bridgehead atoms. The van der Waals surface area contributed by atoms with Gasteiger partial charge in [-0.15, -0.1) is 0 Å². The molecule has 0 saturated heterocycles. The summed E-state index contributed by atoms with van der Waals surface area (Å²) in [5, 5.41) is 3.12. The van der Waals surface area contributed by atoms with Crippen molar-refractivity contribution in [2.45, 2.75) is 39.5 Å². The first-order chi connectivity index (χ1) is 10.9. The summed E-state index contributed by atoms with van der Waals surface area (Å²) in [6.45, 7) is 3.94. The van der Waals surface area contributed by atoms with Gasteiger partial charge in [-0.05, 0) is 18.4 Å². The lowest BCUT2D eigenvalue weighted by molar-refractivity contribution is -0.116. The van der Waals surface area contributed by atoms with Crippen molar-refractivity contribution in [2.24, 2.45) is 14.1 Å². The minimum absolute atomic E-state index is 0.134. The van der Waals surface area contributed by atoms with Crippen LogP contribution in [-0.4, -0.2) is 20.0 Å². The Hall–Kier alpha value is -2.44. The van der Waals surface area contributed by atoms with E-state index in [0.717, 1.165) is 23.0 Å². The van der Waals surface area contributed by atoms with Crippen molar-refractivity contribution in [2.75, 3.05) is 5.32 Å². The van der Waals surface area contributed by atoms with Gasteiger partial charge in [0.25, 0.3) is 5.56 Å². The molecule has 0 fully saturated rings. The maximum atomic E-state index is 12.5. The summed E-state index contributed by atoms with van der Waals surface area (Å²) < 4.78 is 2.35. The SMILES string of the molecule is CCCCC(=O)Nc1c(CC)cnc2c1c(=O)n(C)c(=O)n2C. The van der Waals surface area contributed by atoms with Crippen LogP contribution in [0.25, 0.3) is 11.0 Å². The number of pyridine rings is 1. The van der Waals surface area contributed by atoms with Gasteiger partial charge >= 0.3 is 5.69 Å². The number of nitrogens with zero attached hydrogens (tertiary/aromatic N) is 3. The average Bonchev–Trinajstić information content (AvgIpc) is 2.55. The number of aryl methyl sites for hydroxylation is 2. The second kappa shape index (κ2) is 6.76. The van der Waals surface area contributed by atoms with Gasteiger partial charge in [0.1, 0.15) is 5.39 Å². The molecule has 0 unspecified atom stereocenters. The van der Waals surface area contributed by atoms with Crippen molar-refractivity contribution in [1.82, 2.24) is 14.1 Å². The predicted molar refractivity (Wildman–Crippen MR) is 89.8 cm³/mol. The number of carbonyl (C=O) groups excluding carboxylic acids is 1. The van der Waals surface area contributed by atoms with Crippen LogP contribution in [-0.2, 0) is 25.3 Å². The van der Waals surface area contributed by atoms with E-state index in [9.17, 15) is 14.4 Å². The average molecular weight is 318 g/mol. The summed E-state index contributed by atoms with van der Waals surface area (Å²) in [5.41, 5.74) is 0.633. The van der Waals surface area contributed by atoms with Crippen molar-refractivity contribution >= 4 is 22.6 Å². The third kappa shape index (κ3) is 3.04. The smallest absolute Gasteiger partial charge is 0.325 e. The van der Waals surface area contributed by atoms with Gasteiger partial charge in [-0.2, -0.15) is 0 Å². The fraction of sp³-hybridized carbons (Fsp3) is 0.500. The highest BCUT2D eigenvalue weighted by molar-refractivity contribution is 6.00. The summed E-state index contributed by atoms with van der Waals surface area (Å²) in [6.07, 6.45) is 4.33. The highest BCUT2D eigenvalue weighted by Gasteiger charge is 2.18. The maximum absolute atomic E-state index is 12.5. The number of unbranched alkanes of at least 4 members (excludes halogenated alkanes) is 1. The molecule has 0 radical (unpaired) electrons. The number of hydrogen-bond donors (Lipinski definition) is 1. The number of carbonyl (C=O) groups is 1. The first-order valence-electron chi connectivity index (χ1n) is 7.79. The molecule has 1 amide bonds. The summed E-state index contributed by atoms with van der Waals surface area (Å²) in [7, 11) is 2.98. The molecule has 0 aromatic carbocycles. The maximum Gasteiger partial charge on any atom is 0.332 e. The van der Waals surface area contributed by atoms with Crippen molar-refractivity contribution in [3.63, 3.8) is 0 Å². The highest BCUT2D eigenvalue weighted by atomic mass is 16.2. The number of amides is 1. The van der Waals surface area contributed by atoms with E-state index < -0.39 is 11.2 Å². The van der Waals surface area contributed by atoms with Gasteiger partial charge < -0.3 is 5.32 Å². The summed E-state index contributed by atoms with van der Waals surface area (Å²) in [6, 6.07) is 0. The topological polar surface area (TPSA) is 86.0 Å². The van der Waals surface area contributed by atoms with E-state index in [1.807, 2.05) is 13.8 Å². The first kappa shape index (κ1) is 16.9. The molecule has 0 spiro atoms. The Morgan fingerprint density at radius 1 is 1.22 bits per heavy atom. The summed E-state index contributed by atoms with van der Waals surface area (Å²) in [5.74, 6) is -0.134. The predicted octanol–water partition coefficient (Wildman–Crippen LogP) is 1.32. The lowest BCUT2D eigenvalue weighted by atomic mass is 10.1. The lowest BCUT2D eigenvalue weighted by Crippen LogP contribution is -2.38. The van der Waals surface area contributed by atoms with Gasteiger partial charge in [-0.1, -0.05) is 20.3 Å². The van der Waals surface area contributed by atoms with Crippen LogP contribution in [0.2, 0.25) is 0 Å². The molecular formula is C16H22N4O3. The van der Waals surface area contributed by atoms with Gasteiger partial charge in [0, 0.05) is 26.7 Å². The van der Waals surface area contributed by atoms with E-state index in [4.69, 9.17) is 0 Å². The monoisotopic (exact) mass is 318 g/mol.